The Kier molecular flexibility index (Phi) is 3.00. The van der Waals surface area contributed by atoms with Gasteiger partial charge in [0.05, 0.1) is 12.0 Å². The van der Waals surface area contributed by atoms with Gasteiger partial charge in [0.25, 0.3) is 0 Å². The quantitative estimate of drug-likeness (QED) is 0.695. The molecule has 1 fully saturated rings. The SMILES string of the molecule is CC(C)(C)NC(=O)OC1CC(C#N)C1. The standard InChI is InChI=1S/C10H16N2O2/c1-10(2,3)12-9(13)14-8-4-7(5-8)6-11/h7-8H,4-5H2,1-3H3,(H,12,13). The summed E-state index contributed by atoms with van der Waals surface area (Å²) in [6.45, 7) is 5.69. The van der Waals surface area contributed by atoms with Crippen molar-refractivity contribution in [2.45, 2.75) is 45.3 Å². The second kappa shape index (κ2) is 3.87. The Morgan fingerprint density at radius 3 is 2.50 bits per heavy atom. The Morgan fingerprint density at radius 1 is 1.50 bits per heavy atom. The average Bonchev–Trinajstić information content (AvgIpc) is 1.91. The molecule has 0 aliphatic heterocycles. The number of ether oxygens (including phenoxy) is 1. The zero-order valence-corrected chi connectivity index (χ0v) is 8.83. The van der Waals surface area contributed by atoms with E-state index in [4.69, 9.17) is 10.00 Å². The molecule has 0 unspecified atom stereocenters. The number of rotatable bonds is 1. The van der Waals surface area contributed by atoms with Gasteiger partial charge in [-0.3, -0.25) is 0 Å². The van der Waals surface area contributed by atoms with Crippen LogP contribution in [0.2, 0.25) is 0 Å². The van der Waals surface area contributed by atoms with Gasteiger partial charge in [-0.25, -0.2) is 4.79 Å². The zero-order valence-electron chi connectivity index (χ0n) is 8.83. The summed E-state index contributed by atoms with van der Waals surface area (Å²) in [7, 11) is 0. The van der Waals surface area contributed by atoms with E-state index in [1.165, 1.54) is 0 Å². The van der Waals surface area contributed by atoms with Crippen molar-refractivity contribution >= 4 is 6.09 Å². The first-order chi connectivity index (χ1) is 6.40. The third-order valence-electron chi connectivity index (χ3n) is 2.03. The number of carbonyl (C=O) groups is 1. The van der Waals surface area contributed by atoms with Crippen LogP contribution in [-0.4, -0.2) is 17.7 Å². The normalized spacial score (nSPS) is 25.9. The average molecular weight is 196 g/mol. The molecule has 0 spiro atoms. The van der Waals surface area contributed by atoms with E-state index in [0.29, 0.717) is 12.8 Å². The molecule has 1 N–H and O–H groups in total. The van der Waals surface area contributed by atoms with Gasteiger partial charge in [-0.2, -0.15) is 5.26 Å². The van der Waals surface area contributed by atoms with Gasteiger partial charge in [0, 0.05) is 18.4 Å². The molecule has 1 aliphatic carbocycles. The molecule has 0 saturated heterocycles. The Balaban J connectivity index is 2.21. The largest absolute Gasteiger partial charge is 0.446 e. The Hall–Kier alpha value is -1.24. The summed E-state index contributed by atoms with van der Waals surface area (Å²) in [5, 5.41) is 11.2. The highest BCUT2D eigenvalue weighted by molar-refractivity contribution is 5.68. The van der Waals surface area contributed by atoms with Crippen LogP contribution < -0.4 is 5.32 Å². The lowest BCUT2D eigenvalue weighted by Gasteiger charge is -2.31. The molecular formula is C10H16N2O2. The molecule has 14 heavy (non-hydrogen) atoms. The lowest BCUT2D eigenvalue weighted by molar-refractivity contribution is 0.0298. The molecular weight excluding hydrogens is 180 g/mol. The second-order valence-electron chi connectivity index (χ2n) is 4.70. The van der Waals surface area contributed by atoms with Gasteiger partial charge >= 0.3 is 6.09 Å². The summed E-state index contributed by atoms with van der Waals surface area (Å²) < 4.78 is 5.09. The maximum absolute atomic E-state index is 11.2. The zero-order chi connectivity index (χ0) is 10.8. The summed E-state index contributed by atoms with van der Waals surface area (Å²) in [6, 6.07) is 2.14. The summed E-state index contributed by atoms with van der Waals surface area (Å²) in [4.78, 5) is 11.2. The van der Waals surface area contributed by atoms with Crippen LogP contribution in [0.1, 0.15) is 33.6 Å². The third kappa shape index (κ3) is 3.25. The molecule has 1 saturated carbocycles. The molecule has 0 atom stereocenters. The van der Waals surface area contributed by atoms with Crippen LogP contribution in [0.3, 0.4) is 0 Å². The number of nitriles is 1. The minimum atomic E-state index is -0.390. The molecule has 1 aliphatic rings. The second-order valence-corrected chi connectivity index (χ2v) is 4.70. The highest BCUT2D eigenvalue weighted by atomic mass is 16.6. The summed E-state index contributed by atoms with van der Waals surface area (Å²) >= 11 is 0. The van der Waals surface area contributed by atoms with Gasteiger partial charge in [0.15, 0.2) is 0 Å². The Bertz CT molecular complexity index is 256. The van der Waals surface area contributed by atoms with Gasteiger partial charge in [-0.15, -0.1) is 0 Å². The van der Waals surface area contributed by atoms with E-state index in [1.807, 2.05) is 20.8 Å². The smallest absolute Gasteiger partial charge is 0.407 e. The molecule has 1 rings (SSSR count). The number of hydrogen-bond acceptors (Lipinski definition) is 3. The molecule has 4 nitrogen and oxygen atoms in total. The van der Waals surface area contributed by atoms with E-state index < -0.39 is 0 Å². The topological polar surface area (TPSA) is 62.1 Å². The fourth-order valence-corrected chi connectivity index (χ4v) is 1.25. The van der Waals surface area contributed by atoms with Crippen LogP contribution in [0, 0.1) is 17.2 Å². The van der Waals surface area contributed by atoms with Crippen LogP contribution in [0.15, 0.2) is 0 Å². The van der Waals surface area contributed by atoms with Crippen molar-refractivity contribution in [3.05, 3.63) is 0 Å². The van der Waals surface area contributed by atoms with Crippen LogP contribution in [0.5, 0.6) is 0 Å². The molecule has 0 aromatic carbocycles. The predicted octanol–water partition coefficient (Wildman–Crippen LogP) is 1.81. The Morgan fingerprint density at radius 2 is 2.07 bits per heavy atom. The molecule has 0 radical (unpaired) electrons. The minimum absolute atomic E-state index is 0.0676. The van der Waals surface area contributed by atoms with Gasteiger partial charge < -0.3 is 10.1 Å². The van der Waals surface area contributed by atoms with E-state index in [1.54, 1.807) is 0 Å². The minimum Gasteiger partial charge on any atom is -0.446 e. The highest BCUT2D eigenvalue weighted by Crippen LogP contribution is 2.29. The third-order valence-corrected chi connectivity index (χ3v) is 2.03. The number of carbonyl (C=O) groups excluding carboxylic acids is 1. The number of nitrogens with zero attached hydrogens (tertiary/aromatic N) is 1. The lowest BCUT2D eigenvalue weighted by Crippen LogP contribution is -2.44. The maximum atomic E-state index is 11.2. The van der Waals surface area contributed by atoms with E-state index in [2.05, 4.69) is 11.4 Å². The van der Waals surface area contributed by atoms with Crippen molar-refractivity contribution in [1.82, 2.24) is 5.32 Å². The van der Waals surface area contributed by atoms with Crippen LogP contribution >= 0.6 is 0 Å². The summed E-state index contributed by atoms with van der Waals surface area (Å²) in [5.74, 6) is 0.0717. The van der Waals surface area contributed by atoms with Crippen molar-refractivity contribution < 1.29 is 9.53 Å². The molecule has 0 bridgehead atoms. The van der Waals surface area contributed by atoms with Crippen LogP contribution in [-0.2, 0) is 4.74 Å². The molecule has 0 aromatic rings. The molecule has 4 heteroatoms. The lowest BCUT2D eigenvalue weighted by atomic mass is 9.84. The molecule has 1 amide bonds. The predicted molar refractivity (Wildman–Crippen MR) is 51.5 cm³/mol. The highest BCUT2D eigenvalue weighted by Gasteiger charge is 2.32. The Labute approximate surface area is 84.2 Å². The van der Waals surface area contributed by atoms with E-state index in [9.17, 15) is 4.79 Å². The number of amides is 1. The van der Waals surface area contributed by atoms with Gasteiger partial charge in [0.1, 0.15) is 6.10 Å². The van der Waals surface area contributed by atoms with Crippen molar-refractivity contribution in [2.75, 3.05) is 0 Å². The van der Waals surface area contributed by atoms with E-state index in [0.717, 1.165) is 0 Å². The summed E-state index contributed by atoms with van der Waals surface area (Å²) in [5.41, 5.74) is -0.268. The van der Waals surface area contributed by atoms with Crippen LogP contribution in [0.25, 0.3) is 0 Å². The monoisotopic (exact) mass is 196 g/mol. The molecule has 0 heterocycles. The molecule has 78 valence electrons. The first kappa shape index (κ1) is 10.8. The van der Waals surface area contributed by atoms with Gasteiger partial charge in [-0.05, 0) is 20.8 Å². The van der Waals surface area contributed by atoms with E-state index in [-0.39, 0.29) is 23.7 Å². The van der Waals surface area contributed by atoms with Gasteiger partial charge in [-0.1, -0.05) is 0 Å². The first-order valence-electron chi connectivity index (χ1n) is 4.79. The number of hydrogen-bond donors (Lipinski definition) is 1. The van der Waals surface area contributed by atoms with Crippen molar-refractivity contribution in [3.8, 4) is 6.07 Å². The van der Waals surface area contributed by atoms with Crippen LogP contribution in [0.4, 0.5) is 4.79 Å². The molecule has 0 aromatic heterocycles. The number of nitrogens with one attached hydrogen (secondary N) is 1. The van der Waals surface area contributed by atoms with Crippen molar-refractivity contribution in [2.24, 2.45) is 5.92 Å². The summed E-state index contributed by atoms with van der Waals surface area (Å²) in [6.07, 6.45) is 0.892. The van der Waals surface area contributed by atoms with E-state index >= 15 is 0 Å². The van der Waals surface area contributed by atoms with Crippen molar-refractivity contribution in [1.29, 1.82) is 5.26 Å². The van der Waals surface area contributed by atoms with Gasteiger partial charge in [0.2, 0.25) is 0 Å². The first-order valence-corrected chi connectivity index (χ1v) is 4.79. The van der Waals surface area contributed by atoms with Crippen molar-refractivity contribution in [3.63, 3.8) is 0 Å². The fraction of sp³-hybridized carbons (Fsp3) is 0.800. The number of alkyl carbamates (subject to hydrolysis) is 1. The maximum Gasteiger partial charge on any atom is 0.407 e. The fourth-order valence-electron chi connectivity index (χ4n) is 1.25.